The maximum atomic E-state index is 5.41. The smallest absolute Gasteiger partial charge is 0.122 e. The van der Waals surface area contributed by atoms with Crippen LogP contribution in [0.15, 0.2) is 12.4 Å². The molecule has 1 aromatic rings. The number of ether oxygens (including phenoxy) is 1. The highest BCUT2D eigenvalue weighted by Crippen LogP contribution is 2.29. The predicted molar refractivity (Wildman–Crippen MR) is 247 cm³/mol. The van der Waals surface area contributed by atoms with Crippen molar-refractivity contribution in [2.24, 2.45) is 29.6 Å². The van der Waals surface area contributed by atoms with Crippen molar-refractivity contribution in [1.29, 1.82) is 0 Å². The number of fused-ring (bicyclic) bond motifs is 6. The van der Waals surface area contributed by atoms with E-state index in [2.05, 4.69) is 102 Å². The summed E-state index contributed by atoms with van der Waals surface area (Å²) in [6.45, 7) is 27.3. The highest BCUT2D eigenvalue weighted by Gasteiger charge is 2.35. The molecule has 10 fully saturated rings. The van der Waals surface area contributed by atoms with Crippen LogP contribution in [0.1, 0.15) is 57.2 Å². The van der Waals surface area contributed by atoms with Gasteiger partial charge in [0.05, 0.1) is 13.2 Å². The van der Waals surface area contributed by atoms with Crippen LogP contribution >= 0.6 is 0 Å². The summed E-state index contributed by atoms with van der Waals surface area (Å²) in [6.07, 6.45) is 15.2. The molecule has 13 nitrogen and oxygen atoms in total. The van der Waals surface area contributed by atoms with Gasteiger partial charge >= 0.3 is 0 Å². The number of hydrogen-bond acceptors (Lipinski definition) is 12. The Hall–Kier alpha value is -1.23. The molecular weight excluding hydrogens is 749 g/mol. The molecule has 0 bridgehead atoms. The highest BCUT2D eigenvalue weighted by atomic mass is 16.5. The first-order valence-corrected chi connectivity index (χ1v) is 24.8. The molecule has 8 unspecified atom stereocenters. The summed E-state index contributed by atoms with van der Waals surface area (Å²) in [5, 5.41) is 6.97. The summed E-state index contributed by atoms with van der Waals surface area (Å²) in [5.41, 5.74) is 0. The standard InChI is InChI=1S/C9H18N2.2C8H16N2.C8H15NO.C7H11N3.C7H14N2/c1-10-6-7-11-5-3-2-4-9(11)8-10;1-10-5-3-8-7(6-10)2-4-9-8;1-9-5-6-10-4-2-3-8(10)7-9;1-9-3-2-7-5-10-6-8(7)4-9;1-9-4-5-10-3-2-8-7(10)6-9;1-9-4-6-2-8-3-7(6)5-9/h9H,2-8H2,1H3;7-9H,2-6H2,1H3;8H,2-7H2,1H3;7-8H,2-6H2,1H3;2-3H,4-6H2,1H3;6-8H,2-5H2,1H3. The topological polar surface area (TPSA) is 77.0 Å². The first-order chi connectivity index (χ1) is 29.2. The number of piperidine rings is 3. The number of hydrogen-bond donors (Lipinski definition) is 2. The van der Waals surface area contributed by atoms with E-state index in [9.17, 15) is 0 Å². The molecule has 60 heavy (non-hydrogen) atoms. The van der Waals surface area contributed by atoms with Gasteiger partial charge in [0.2, 0.25) is 0 Å². The number of rotatable bonds is 0. The number of likely N-dealkylation sites (tertiary alicyclic amines) is 3. The van der Waals surface area contributed by atoms with E-state index in [0.29, 0.717) is 0 Å². The summed E-state index contributed by atoms with van der Waals surface area (Å²) in [6, 6.07) is 2.65. The van der Waals surface area contributed by atoms with E-state index in [1.54, 1.807) is 0 Å². The predicted octanol–water partition coefficient (Wildman–Crippen LogP) is 2.16. The number of nitrogens with zero attached hydrogens (tertiary/aromatic N) is 10. The summed E-state index contributed by atoms with van der Waals surface area (Å²) >= 11 is 0. The quantitative estimate of drug-likeness (QED) is 0.403. The van der Waals surface area contributed by atoms with E-state index in [0.717, 1.165) is 80.6 Å². The van der Waals surface area contributed by atoms with Crippen molar-refractivity contribution in [3.05, 3.63) is 18.2 Å². The molecule has 0 aromatic carbocycles. The molecule has 344 valence electrons. The van der Waals surface area contributed by atoms with Crippen molar-refractivity contribution in [1.82, 2.24) is 59.4 Å². The zero-order chi connectivity index (χ0) is 41.8. The first kappa shape index (κ1) is 46.8. The average molecular weight is 839 g/mol. The van der Waals surface area contributed by atoms with Gasteiger partial charge in [-0.05, 0) is 157 Å². The molecule has 11 aliphatic heterocycles. The SMILES string of the molecule is CN1CC2CNCC2C1.CN1CCC2COCC2C1.CN1CCC2NCCC2C1.CN1CCN2CCCC2C1.CN1CCN2CCCCC2C1.CN1CCn2ccnc2C1. The summed E-state index contributed by atoms with van der Waals surface area (Å²) in [7, 11) is 13.3. The van der Waals surface area contributed by atoms with Crippen LogP contribution in [-0.4, -0.2) is 240 Å². The molecule has 13 heteroatoms. The van der Waals surface area contributed by atoms with Crippen molar-refractivity contribution in [3.63, 3.8) is 0 Å². The fourth-order valence-electron chi connectivity index (χ4n) is 12.1. The van der Waals surface area contributed by atoms with E-state index < -0.39 is 0 Å². The first-order valence-electron chi connectivity index (χ1n) is 24.8. The van der Waals surface area contributed by atoms with Crippen LogP contribution in [0.2, 0.25) is 0 Å². The van der Waals surface area contributed by atoms with E-state index in [-0.39, 0.29) is 0 Å². The van der Waals surface area contributed by atoms with Gasteiger partial charge in [-0.3, -0.25) is 14.7 Å². The third-order valence-corrected chi connectivity index (χ3v) is 16.0. The third kappa shape index (κ3) is 13.9. The number of likely N-dealkylation sites (N-methyl/N-ethyl adjacent to an activating group) is 3. The molecule has 0 aliphatic carbocycles. The van der Waals surface area contributed by atoms with Crippen LogP contribution in [0, 0.1) is 29.6 Å². The van der Waals surface area contributed by atoms with Crippen molar-refractivity contribution in [3.8, 4) is 0 Å². The fourth-order valence-corrected chi connectivity index (χ4v) is 12.1. The van der Waals surface area contributed by atoms with Gasteiger partial charge in [0.1, 0.15) is 5.82 Å². The molecule has 12 rings (SSSR count). The Labute approximate surface area is 366 Å². The number of piperazine rings is 2. The van der Waals surface area contributed by atoms with Crippen LogP contribution in [0.3, 0.4) is 0 Å². The van der Waals surface area contributed by atoms with Gasteiger partial charge in [-0.15, -0.1) is 0 Å². The van der Waals surface area contributed by atoms with E-state index in [1.165, 1.54) is 168 Å². The number of nitrogens with one attached hydrogen (secondary N) is 2. The monoisotopic (exact) mass is 839 g/mol. The Bertz CT molecular complexity index is 1280. The lowest BCUT2D eigenvalue weighted by molar-refractivity contribution is 0.0623. The van der Waals surface area contributed by atoms with Gasteiger partial charge in [0, 0.05) is 122 Å². The lowest BCUT2D eigenvalue weighted by atomic mass is 9.89. The second-order valence-corrected chi connectivity index (χ2v) is 21.0. The lowest BCUT2D eigenvalue weighted by Crippen LogP contribution is -2.53. The zero-order valence-electron chi connectivity index (χ0n) is 39.4. The molecule has 0 spiro atoms. The van der Waals surface area contributed by atoms with Crippen molar-refractivity contribution >= 4 is 0 Å². The minimum atomic E-state index is 0.846. The molecule has 1 aromatic heterocycles. The second-order valence-electron chi connectivity index (χ2n) is 21.0. The molecular formula is C47H90N12O. The molecule has 0 radical (unpaired) electrons. The van der Waals surface area contributed by atoms with Crippen LogP contribution < -0.4 is 10.6 Å². The van der Waals surface area contributed by atoms with Crippen LogP contribution in [-0.2, 0) is 17.8 Å². The Kier molecular flexibility index (Phi) is 18.4. The Morgan fingerprint density at radius 1 is 0.517 bits per heavy atom. The Balaban J connectivity index is 0.000000109. The third-order valence-electron chi connectivity index (χ3n) is 16.0. The number of aromatic nitrogens is 2. The van der Waals surface area contributed by atoms with Gasteiger partial charge in [-0.1, -0.05) is 6.42 Å². The van der Waals surface area contributed by atoms with Crippen LogP contribution in [0.4, 0.5) is 0 Å². The molecule has 2 N–H and O–H groups in total. The zero-order valence-corrected chi connectivity index (χ0v) is 39.4. The normalized spacial score (nSPS) is 36.1. The maximum absolute atomic E-state index is 5.41. The molecule has 8 atom stereocenters. The van der Waals surface area contributed by atoms with Crippen molar-refractivity contribution in [2.75, 3.05) is 173 Å². The van der Waals surface area contributed by atoms with Gasteiger partial charge in [-0.2, -0.15) is 0 Å². The fraction of sp³-hybridized carbons (Fsp3) is 0.936. The Morgan fingerprint density at radius 2 is 1.12 bits per heavy atom. The second kappa shape index (κ2) is 23.6. The molecule has 11 aliphatic rings. The largest absolute Gasteiger partial charge is 0.381 e. The van der Waals surface area contributed by atoms with E-state index in [4.69, 9.17) is 4.74 Å². The lowest BCUT2D eigenvalue weighted by Gasteiger charge is -2.42. The van der Waals surface area contributed by atoms with Crippen LogP contribution in [0.5, 0.6) is 0 Å². The van der Waals surface area contributed by atoms with Gasteiger partial charge in [0.25, 0.3) is 0 Å². The van der Waals surface area contributed by atoms with Crippen molar-refractivity contribution < 1.29 is 4.74 Å². The Morgan fingerprint density at radius 3 is 1.85 bits per heavy atom. The summed E-state index contributed by atoms with van der Waals surface area (Å²) in [4.78, 5) is 24.0. The van der Waals surface area contributed by atoms with Gasteiger partial charge in [-0.25, -0.2) is 4.98 Å². The molecule has 12 heterocycles. The van der Waals surface area contributed by atoms with Gasteiger partial charge < -0.3 is 44.4 Å². The maximum Gasteiger partial charge on any atom is 0.122 e. The van der Waals surface area contributed by atoms with E-state index >= 15 is 0 Å². The minimum absolute atomic E-state index is 0.846. The summed E-state index contributed by atoms with van der Waals surface area (Å²) < 4.78 is 7.62. The molecule has 0 amide bonds. The summed E-state index contributed by atoms with van der Waals surface area (Å²) in [5.74, 6) is 5.81. The minimum Gasteiger partial charge on any atom is -0.381 e. The van der Waals surface area contributed by atoms with Crippen molar-refractivity contribution in [2.45, 2.75) is 82.6 Å². The highest BCUT2D eigenvalue weighted by molar-refractivity contribution is 4.95. The van der Waals surface area contributed by atoms with E-state index in [1.807, 2.05) is 12.4 Å². The average Bonchev–Trinajstić information content (AvgIpc) is 4.10. The molecule has 0 saturated carbocycles. The van der Waals surface area contributed by atoms with Gasteiger partial charge in [0.15, 0.2) is 0 Å². The molecule has 10 saturated heterocycles. The van der Waals surface area contributed by atoms with Crippen LogP contribution in [0.25, 0.3) is 0 Å². The number of imidazole rings is 1.